The largest absolute Gasteiger partial charge is 0.321 e. The normalized spacial score (nSPS) is 16.3. The maximum atomic E-state index is 12.6. The van der Waals surface area contributed by atoms with Crippen molar-refractivity contribution in [3.05, 3.63) is 57.6 Å². The van der Waals surface area contributed by atoms with Crippen molar-refractivity contribution >= 4 is 50.5 Å². The van der Waals surface area contributed by atoms with Crippen LogP contribution < -0.4 is 9.62 Å². The molecular weight excluding hydrogens is 395 g/mol. The van der Waals surface area contributed by atoms with E-state index in [1.54, 1.807) is 36.4 Å². The lowest BCUT2D eigenvalue weighted by molar-refractivity contribution is 0.102. The Morgan fingerprint density at radius 2 is 1.92 bits per heavy atom. The van der Waals surface area contributed by atoms with Crippen molar-refractivity contribution in [3.63, 3.8) is 0 Å². The molecule has 1 aliphatic rings. The van der Waals surface area contributed by atoms with Gasteiger partial charge in [0.05, 0.1) is 27.2 Å². The number of hydrogen-bond donors (Lipinski definition) is 1. The van der Waals surface area contributed by atoms with Gasteiger partial charge in [-0.2, -0.15) is 0 Å². The minimum Gasteiger partial charge on any atom is -0.321 e. The third kappa shape index (κ3) is 3.82. The summed E-state index contributed by atoms with van der Waals surface area (Å²) in [7, 11) is -3.35. The number of sulfonamides is 1. The second-order valence-electron chi connectivity index (χ2n) is 6.15. The highest BCUT2D eigenvalue weighted by Crippen LogP contribution is 2.31. The lowest BCUT2D eigenvalue weighted by Crippen LogP contribution is -2.38. The molecule has 8 heteroatoms. The van der Waals surface area contributed by atoms with Gasteiger partial charge in [-0.15, -0.1) is 0 Å². The monoisotopic (exact) mass is 412 g/mol. The van der Waals surface area contributed by atoms with Crippen LogP contribution in [0.3, 0.4) is 0 Å². The molecule has 0 saturated carbocycles. The maximum absolute atomic E-state index is 12.6. The number of aryl methyl sites for hydroxylation is 1. The van der Waals surface area contributed by atoms with Crippen molar-refractivity contribution in [2.45, 2.75) is 19.8 Å². The smallest absolute Gasteiger partial charge is 0.255 e. The van der Waals surface area contributed by atoms with Crippen molar-refractivity contribution in [2.75, 3.05) is 21.9 Å². The molecule has 1 N–H and O–H groups in total. The number of benzene rings is 2. The first-order valence-corrected chi connectivity index (χ1v) is 10.5. The Bertz CT molecular complexity index is 961. The van der Waals surface area contributed by atoms with E-state index in [0.717, 1.165) is 12.0 Å². The van der Waals surface area contributed by atoms with Crippen LogP contribution in [0.5, 0.6) is 0 Å². The molecule has 138 valence electrons. The third-order valence-corrected chi connectivity index (χ3v) is 6.96. The van der Waals surface area contributed by atoms with E-state index in [4.69, 9.17) is 23.2 Å². The Morgan fingerprint density at radius 3 is 2.65 bits per heavy atom. The van der Waals surface area contributed by atoms with Gasteiger partial charge in [0.15, 0.2) is 0 Å². The van der Waals surface area contributed by atoms with Crippen molar-refractivity contribution in [2.24, 2.45) is 0 Å². The van der Waals surface area contributed by atoms with Crippen LogP contribution in [0.25, 0.3) is 0 Å². The molecule has 2 aromatic rings. The second kappa shape index (κ2) is 7.47. The zero-order chi connectivity index (χ0) is 18.9. The van der Waals surface area contributed by atoms with E-state index < -0.39 is 10.0 Å². The molecule has 1 heterocycles. The van der Waals surface area contributed by atoms with Gasteiger partial charge in [0, 0.05) is 12.1 Å². The number of anilines is 2. The van der Waals surface area contributed by atoms with E-state index in [1.807, 2.05) is 6.92 Å². The minimum absolute atomic E-state index is 0.126. The molecule has 1 fully saturated rings. The van der Waals surface area contributed by atoms with Gasteiger partial charge in [-0.05, 0) is 49.6 Å². The van der Waals surface area contributed by atoms with Crippen LogP contribution in [0.1, 0.15) is 28.8 Å². The van der Waals surface area contributed by atoms with Crippen molar-refractivity contribution in [3.8, 4) is 0 Å². The van der Waals surface area contributed by atoms with Crippen LogP contribution in [0.4, 0.5) is 11.4 Å². The lowest BCUT2D eigenvalue weighted by atomic mass is 10.1. The van der Waals surface area contributed by atoms with Gasteiger partial charge in [0.2, 0.25) is 10.0 Å². The Kier molecular flexibility index (Phi) is 5.46. The van der Waals surface area contributed by atoms with E-state index in [9.17, 15) is 13.2 Å². The van der Waals surface area contributed by atoms with Gasteiger partial charge >= 0.3 is 0 Å². The number of nitrogens with zero attached hydrogens (tertiary/aromatic N) is 1. The van der Waals surface area contributed by atoms with Gasteiger partial charge in [0.25, 0.3) is 5.91 Å². The zero-order valence-electron chi connectivity index (χ0n) is 14.1. The Labute approximate surface area is 163 Å². The average molecular weight is 413 g/mol. The molecule has 0 unspecified atom stereocenters. The first-order chi connectivity index (χ1) is 12.3. The molecule has 0 spiro atoms. The number of carbonyl (C=O) groups excluding carboxylic acids is 1. The predicted octanol–water partition coefficient (Wildman–Crippen LogP) is 4.48. The van der Waals surface area contributed by atoms with Crippen molar-refractivity contribution < 1.29 is 13.2 Å². The fourth-order valence-electron chi connectivity index (χ4n) is 2.87. The topological polar surface area (TPSA) is 66.5 Å². The van der Waals surface area contributed by atoms with Gasteiger partial charge in [-0.25, -0.2) is 8.42 Å². The predicted molar refractivity (Wildman–Crippen MR) is 106 cm³/mol. The molecule has 2 aromatic carbocycles. The summed E-state index contributed by atoms with van der Waals surface area (Å²) in [5.74, 6) is -0.258. The quantitative estimate of drug-likeness (QED) is 0.807. The number of amides is 1. The van der Waals surface area contributed by atoms with E-state index >= 15 is 0 Å². The average Bonchev–Trinajstić information content (AvgIpc) is 2.59. The number of carbonyl (C=O) groups is 1. The van der Waals surface area contributed by atoms with Crippen LogP contribution in [-0.4, -0.2) is 26.6 Å². The highest BCUT2D eigenvalue weighted by molar-refractivity contribution is 7.92. The van der Waals surface area contributed by atoms with Gasteiger partial charge < -0.3 is 5.32 Å². The van der Waals surface area contributed by atoms with Crippen LogP contribution in [0.15, 0.2) is 36.4 Å². The van der Waals surface area contributed by atoms with E-state index in [2.05, 4.69) is 5.32 Å². The summed E-state index contributed by atoms with van der Waals surface area (Å²) < 4.78 is 26.2. The van der Waals surface area contributed by atoms with E-state index in [1.165, 1.54) is 4.31 Å². The van der Waals surface area contributed by atoms with E-state index in [0.29, 0.717) is 34.9 Å². The Hall–Kier alpha value is -1.76. The van der Waals surface area contributed by atoms with Gasteiger partial charge in [-0.3, -0.25) is 9.10 Å². The lowest BCUT2D eigenvalue weighted by Gasteiger charge is -2.29. The summed E-state index contributed by atoms with van der Waals surface area (Å²) in [6.07, 6.45) is 1.46. The second-order valence-corrected chi connectivity index (χ2v) is 8.95. The highest BCUT2D eigenvalue weighted by Gasteiger charge is 2.27. The molecule has 3 rings (SSSR count). The fourth-order valence-corrected chi connectivity index (χ4v) is 4.91. The Morgan fingerprint density at radius 1 is 1.15 bits per heavy atom. The third-order valence-electron chi connectivity index (χ3n) is 4.29. The number of nitrogens with one attached hydrogen (secondary N) is 1. The highest BCUT2D eigenvalue weighted by atomic mass is 35.5. The molecule has 1 aliphatic heterocycles. The number of halogens is 2. The molecule has 1 saturated heterocycles. The van der Waals surface area contributed by atoms with Crippen molar-refractivity contribution in [1.82, 2.24) is 0 Å². The first-order valence-electron chi connectivity index (χ1n) is 8.16. The van der Waals surface area contributed by atoms with E-state index in [-0.39, 0.29) is 16.7 Å². The molecule has 1 amide bonds. The first kappa shape index (κ1) is 19.0. The molecule has 0 atom stereocenters. The molecule has 0 bridgehead atoms. The molecular formula is C18H18Cl2N2O3S. The molecule has 0 aromatic heterocycles. The van der Waals surface area contributed by atoms with Gasteiger partial charge in [-0.1, -0.05) is 35.3 Å². The van der Waals surface area contributed by atoms with Crippen LogP contribution >= 0.6 is 23.2 Å². The SMILES string of the molecule is Cc1ccc(C(=O)Nc2cccc(Cl)c2Cl)cc1N1CCCCS1(=O)=O. The summed E-state index contributed by atoms with van der Waals surface area (Å²) in [6.45, 7) is 2.25. The standard InChI is InChI=1S/C18H18Cl2N2O3S/c1-12-7-8-13(11-16(12)22-9-2-3-10-26(22,24)25)18(23)21-15-6-4-5-14(19)17(15)20/h4-8,11H,2-3,9-10H2,1H3,(H,21,23). The molecule has 26 heavy (non-hydrogen) atoms. The number of rotatable bonds is 3. The summed E-state index contributed by atoms with van der Waals surface area (Å²) in [6, 6.07) is 9.97. The summed E-state index contributed by atoms with van der Waals surface area (Å²) >= 11 is 12.1. The van der Waals surface area contributed by atoms with Crippen LogP contribution in [0, 0.1) is 6.92 Å². The Balaban J connectivity index is 1.92. The minimum atomic E-state index is -3.35. The summed E-state index contributed by atoms with van der Waals surface area (Å²) in [4.78, 5) is 12.6. The molecule has 0 aliphatic carbocycles. The van der Waals surface area contributed by atoms with Crippen LogP contribution in [0.2, 0.25) is 10.0 Å². The summed E-state index contributed by atoms with van der Waals surface area (Å²) in [5, 5.41) is 3.31. The summed E-state index contributed by atoms with van der Waals surface area (Å²) in [5.41, 5.74) is 2.08. The van der Waals surface area contributed by atoms with Crippen LogP contribution in [-0.2, 0) is 10.0 Å². The fraction of sp³-hybridized carbons (Fsp3) is 0.278. The zero-order valence-corrected chi connectivity index (χ0v) is 16.5. The van der Waals surface area contributed by atoms with Gasteiger partial charge in [0.1, 0.15) is 0 Å². The number of hydrogen-bond acceptors (Lipinski definition) is 3. The maximum Gasteiger partial charge on any atom is 0.255 e. The molecule has 5 nitrogen and oxygen atoms in total. The van der Waals surface area contributed by atoms with Crippen molar-refractivity contribution in [1.29, 1.82) is 0 Å². The molecule has 0 radical (unpaired) electrons.